The molecule has 0 bridgehead atoms. The van der Waals surface area contributed by atoms with Crippen molar-refractivity contribution in [2.45, 2.75) is 32.9 Å². The van der Waals surface area contributed by atoms with Crippen molar-refractivity contribution in [3.63, 3.8) is 0 Å². The minimum absolute atomic E-state index is 0.780. The fraction of sp³-hybridized carbons (Fsp3) is 0.571. The number of rotatable bonds is 10. The molecular formula is C14H23N5O. The molecule has 2 heterocycles. The lowest BCUT2D eigenvalue weighted by molar-refractivity contribution is 0.147. The molecule has 1 N–H and O–H groups in total. The van der Waals surface area contributed by atoms with Gasteiger partial charge in [-0.1, -0.05) is 0 Å². The fourth-order valence-corrected chi connectivity index (χ4v) is 2.01. The number of hydrogen-bond donors (Lipinski definition) is 1. The van der Waals surface area contributed by atoms with Gasteiger partial charge in [0.05, 0.1) is 0 Å². The molecule has 2 aromatic rings. The molecule has 110 valence electrons. The van der Waals surface area contributed by atoms with Gasteiger partial charge in [-0.25, -0.2) is 4.98 Å². The van der Waals surface area contributed by atoms with E-state index in [1.165, 1.54) is 0 Å². The van der Waals surface area contributed by atoms with E-state index in [1.807, 2.05) is 42.5 Å². The van der Waals surface area contributed by atoms with E-state index in [1.54, 1.807) is 0 Å². The van der Waals surface area contributed by atoms with Crippen molar-refractivity contribution in [2.75, 3.05) is 25.1 Å². The molecule has 2 rings (SSSR count). The highest BCUT2D eigenvalue weighted by molar-refractivity contribution is 5.25. The Hall–Kier alpha value is -1.82. The van der Waals surface area contributed by atoms with Gasteiger partial charge in [0.1, 0.15) is 0 Å². The number of nitrogens with zero attached hydrogens (tertiary/aromatic N) is 4. The van der Waals surface area contributed by atoms with Gasteiger partial charge in [-0.3, -0.25) is 4.68 Å². The van der Waals surface area contributed by atoms with Crippen molar-refractivity contribution < 1.29 is 4.74 Å². The molecule has 6 heteroatoms. The van der Waals surface area contributed by atoms with Crippen LogP contribution in [0.1, 0.15) is 19.8 Å². The number of imidazole rings is 1. The van der Waals surface area contributed by atoms with Crippen LogP contribution in [0.2, 0.25) is 0 Å². The zero-order chi connectivity index (χ0) is 14.0. The van der Waals surface area contributed by atoms with E-state index in [0.717, 1.165) is 51.6 Å². The molecule has 0 unspecified atom stereocenters. The molecule has 0 aromatic carbocycles. The molecule has 0 aliphatic rings. The molecule has 6 nitrogen and oxygen atoms in total. The summed E-state index contributed by atoms with van der Waals surface area (Å²) in [5, 5.41) is 7.54. The molecule has 20 heavy (non-hydrogen) atoms. The number of anilines is 1. The van der Waals surface area contributed by atoms with Crippen LogP contribution in [0, 0.1) is 0 Å². The topological polar surface area (TPSA) is 56.9 Å². The van der Waals surface area contributed by atoms with E-state index in [2.05, 4.69) is 20.0 Å². The van der Waals surface area contributed by atoms with E-state index < -0.39 is 0 Å². The van der Waals surface area contributed by atoms with Crippen LogP contribution in [-0.2, 0) is 17.8 Å². The third kappa shape index (κ3) is 4.70. The first-order valence-corrected chi connectivity index (χ1v) is 7.20. The van der Waals surface area contributed by atoms with Crippen LogP contribution in [0.4, 0.5) is 5.95 Å². The quantitative estimate of drug-likeness (QED) is 0.675. The van der Waals surface area contributed by atoms with Crippen LogP contribution in [0.3, 0.4) is 0 Å². The summed E-state index contributed by atoms with van der Waals surface area (Å²) in [4.78, 5) is 4.34. The monoisotopic (exact) mass is 277 g/mol. The van der Waals surface area contributed by atoms with Crippen molar-refractivity contribution in [3.05, 3.63) is 30.9 Å². The summed E-state index contributed by atoms with van der Waals surface area (Å²) in [6.07, 6.45) is 9.66. The number of nitrogens with one attached hydrogen (secondary N) is 1. The van der Waals surface area contributed by atoms with Crippen molar-refractivity contribution in [2.24, 2.45) is 0 Å². The van der Waals surface area contributed by atoms with Crippen molar-refractivity contribution in [1.82, 2.24) is 19.3 Å². The average molecular weight is 277 g/mol. The predicted octanol–water partition coefficient (Wildman–Crippen LogP) is 2.01. The van der Waals surface area contributed by atoms with Gasteiger partial charge < -0.3 is 14.6 Å². The molecular weight excluding hydrogens is 254 g/mol. The molecule has 0 saturated heterocycles. The number of aromatic nitrogens is 4. The molecule has 0 atom stereocenters. The Bertz CT molecular complexity index is 466. The van der Waals surface area contributed by atoms with Gasteiger partial charge in [-0.15, -0.1) is 0 Å². The Morgan fingerprint density at radius 3 is 2.95 bits per heavy atom. The summed E-state index contributed by atoms with van der Waals surface area (Å²) in [5.74, 6) is 0.932. The largest absolute Gasteiger partial charge is 0.382 e. The maximum Gasteiger partial charge on any atom is 0.202 e. The third-order valence-electron chi connectivity index (χ3n) is 3.01. The Kier molecular flexibility index (Phi) is 6.10. The lowest BCUT2D eigenvalue weighted by Crippen LogP contribution is -2.11. The minimum atomic E-state index is 0.780. The number of aryl methyl sites for hydroxylation is 2. The second-order valence-electron chi connectivity index (χ2n) is 4.54. The Balaban J connectivity index is 1.68. The summed E-state index contributed by atoms with van der Waals surface area (Å²) >= 11 is 0. The van der Waals surface area contributed by atoms with E-state index in [9.17, 15) is 0 Å². The molecule has 0 aliphatic carbocycles. The van der Waals surface area contributed by atoms with Gasteiger partial charge in [0, 0.05) is 57.6 Å². The maximum absolute atomic E-state index is 5.31. The number of hydrogen-bond acceptors (Lipinski definition) is 4. The van der Waals surface area contributed by atoms with E-state index in [-0.39, 0.29) is 0 Å². The molecule has 0 aliphatic heterocycles. The second-order valence-corrected chi connectivity index (χ2v) is 4.54. The SMILES string of the molecule is CCOCCCNc1nccn1CCCn1cccn1. The van der Waals surface area contributed by atoms with Crippen LogP contribution in [-0.4, -0.2) is 39.1 Å². The lowest BCUT2D eigenvalue weighted by Gasteiger charge is -2.10. The average Bonchev–Trinajstić information content (AvgIpc) is 3.11. The highest BCUT2D eigenvalue weighted by Gasteiger charge is 2.01. The van der Waals surface area contributed by atoms with E-state index in [0.29, 0.717) is 0 Å². The van der Waals surface area contributed by atoms with Crippen LogP contribution >= 0.6 is 0 Å². The molecule has 0 saturated carbocycles. The highest BCUT2D eigenvalue weighted by Crippen LogP contribution is 2.06. The first-order valence-electron chi connectivity index (χ1n) is 7.20. The van der Waals surface area contributed by atoms with Gasteiger partial charge in [-0.2, -0.15) is 5.10 Å². The normalized spacial score (nSPS) is 10.8. The maximum atomic E-state index is 5.31. The van der Waals surface area contributed by atoms with Crippen LogP contribution in [0.15, 0.2) is 30.9 Å². The van der Waals surface area contributed by atoms with Crippen LogP contribution in [0.25, 0.3) is 0 Å². The van der Waals surface area contributed by atoms with Crippen molar-refractivity contribution >= 4 is 5.95 Å². The van der Waals surface area contributed by atoms with Crippen LogP contribution < -0.4 is 5.32 Å². The third-order valence-corrected chi connectivity index (χ3v) is 3.01. The Morgan fingerprint density at radius 1 is 1.20 bits per heavy atom. The first kappa shape index (κ1) is 14.6. The van der Waals surface area contributed by atoms with Gasteiger partial charge in [0.15, 0.2) is 0 Å². The lowest BCUT2D eigenvalue weighted by atomic mass is 10.4. The van der Waals surface area contributed by atoms with Crippen molar-refractivity contribution in [3.8, 4) is 0 Å². The van der Waals surface area contributed by atoms with Crippen LogP contribution in [0.5, 0.6) is 0 Å². The fourth-order valence-electron chi connectivity index (χ4n) is 2.01. The smallest absolute Gasteiger partial charge is 0.202 e. The molecule has 0 spiro atoms. The van der Waals surface area contributed by atoms with Gasteiger partial charge in [0.25, 0.3) is 0 Å². The first-order chi connectivity index (χ1) is 9.90. The van der Waals surface area contributed by atoms with Gasteiger partial charge >= 0.3 is 0 Å². The molecule has 0 amide bonds. The van der Waals surface area contributed by atoms with Gasteiger partial charge in [0.2, 0.25) is 5.95 Å². The standard InChI is InChI=1S/C14H23N5O/c1-2-20-13-4-6-15-14-16-8-12-18(14)9-5-11-19-10-3-7-17-19/h3,7-8,10,12H,2,4-6,9,11,13H2,1H3,(H,15,16). The zero-order valence-corrected chi connectivity index (χ0v) is 12.0. The summed E-state index contributed by atoms with van der Waals surface area (Å²) in [7, 11) is 0. The summed E-state index contributed by atoms with van der Waals surface area (Å²) < 4.78 is 9.41. The Morgan fingerprint density at radius 2 is 2.15 bits per heavy atom. The van der Waals surface area contributed by atoms with Gasteiger partial charge in [-0.05, 0) is 25.8 Å². The zero-order valence-electron chi connectivity index (χ0n) is 12.0. The minimum Gasteiger partial charge on any atom is -0.382 e. The summed E-state index contributed by atoms with van der Waals surface area (Å²) in [5.41, 5.74) is 0. The summed E-state index contributed by atoms with van der Waals surface area (Å²) in [6, 6.07) is 1.95. The number of ether oxygens (including phenoxy) is 1. The molecule has 0 fully saturated rings. The van der Waals surface area contributed by atoms with Crippen molar-refractivity contribution in [1.29, 1.82) is 0 Å². The molecule has 2 aromatic heterocycles. The second kappa shape index (κ2) is 8.37. The Labute approximate surface area is 119 Å². The predicted molar refractivity (Wildman–Crippen MR) is 78.7 cm³/mol. The molecule has 0 radical (unpaired) electrons. The van der Waals surface area contributed by atoms with E-state index >= 15 is 0 Å². The summed E-state index contributed by atoms with van der Waals surface area (Å²) in [6.45, 7) is 6.34. The van der Waals surface area contributed by atoms with E-state index in [4.69, 9.17) is 4.74 Å². The highest BCUT2D eigenvalue weighted by atomic mass is 16.5.